The van der Waals surface area contributed by atoms with E-state index in [-0.39, 0.29) is 22.6 Å². The first-order valence-corrected chi connectivity index (χ1v) is 16.4. The minimum atomic E-state index is -0.214. The van der Waals surface area contributed by atoms with Crippen LogP contribution in [0.5, 0.6) is 0 Å². The molecule has 44 heavy (non-hydrogen) atoms. The van der Waals surface area contributed by atoms with Gasteiger partial charge in [-0.05, 0) is 73.7 Å². The first kappa shape index (κ1) is 28.4. The average Bonchev–Trinajstić information content (AvgIpc) is 3.05. The second-order valence-corrected chi connectivity index (χ2v) is 12.9. The van der Waals surface area contributed by atoms with Gasteiger partial charge in [-0.1, -0.05) is 104 Å². The topological polar surface area (TPSA) is 55.2 Å². The maximum Gasteiger partial charge on any atom is 0.263 e. The fraction of sp³-hybridized carbons (Fsp3) is 0.237. The number of anilines is 2. The molecule has 5 aromatic rings. The Morgan fingerprint density at radius 1 is 0.841 bits per heavy atom. The van der Waals surface area contributed by atoms with Gasteiger partial charge in [-0.3, -0.25) is 19.1 Å². The number of thioether (sulfide) groups is 1. The van der Waals surface area contributed by atoms with Crippen molar-refractivity contribution in [3.63, 3.8) is 0 Å². The molecule has 1 fully saturated rings. The quantitative estimate of drug-likeness (QED) is 0.146. The molecular formula is C38H35N3O2S. The van der Waals surface area contributed by atoms with E-state index in [9.17, 15) is 9.59 Å². The van der Waals surface area contributed by atoms with Crippen LogP contribution >= 0.6 is 11.8 Å². The van der Waals surface area contributed by atoms with E-state index < -0.39 is 0 Å². The summed E-state index contributed by atoms with van der Waals surface area (Å²) in [5, 5.41) is 0.538. The summed E-state index contributed by atoms with van der Waals surface area (Å²) < 4.78 is 1.77. The van der Waals surface area contributed by atoms with E-state index in [0.29, 0.717) is 5.16 Å². The van der Waals surface area contributed by atoms with E-state index in [1.165, 1.54) is 23.7 Å². The lowest BCUT2D eigenvalue weighted by atomic mass is 9.62. The number of aromatic nitrogens is 2. The van der Waals surface area contributed by atoms with Crippen LogP contribution in [0.1, 0.15) is 48.8 Å². The van der Waals surface area contributed by atoms with Gasteiger partial charge in [0.25, 0.3) is 5.56 Å². The van der Waals surface area contributed by atoms with Crippen LogP contribution in [0.2, 0.25) is 0 Å². The van der Waals surface area contributed by atoms with E-state index in [1.807, 2.05) is 97.9 Å². The highest BCUT2D eigenvalue weighted by atomic mass is 32.2. The second-order valence-electron chi connectivity index (χ2n) is 12.0. The van der Waals surface area contributed by atoms with Crippen LogP contribution in [0.4, 0.5) is 11.4 Å². The fourth-order valence-corrected chi connectivity index (χ4v) is 7.92. The molecule has 1 amide bonds. The number of rotatable bonds is 6. The highest BCUT2D eigenvalue weighted by Gasteiger charge is 2.43. The molecule has 6 heteroatoms. The van der Waals surface area contributed by atoms with Gasteiger partial charge in [-0.15, -0.1) is 0 Å². The highest BCUT2D eigenvalue weighted by Crippen LogP contribution is 2.49. The Hall–Kier alpha value is -4.42. The first-order chi connectivity index (χ1) is 21.5. The molecule has 0 N–H and O–H groups in total. The van der Waals surface area contributed by atoms with Gasteiger partial charge in [-0.25, -0.2) is 4.98 Å². The number of hydrogen-bond donors (Lipinski definition) is 0. The highest BCUT2D eigenvalue weighted by molar-refractivity contribution is 7.99. The molecule has 1 heterocycles. The van der Waals surface area contributed by atoms with Crippen molar-refractivity contribution in [1.82, 2.24) is 9.55 Å². The number of hydrogen-bond acceptors (Lipinski definition) is 4. The van der Waals surface area contributed by atoms with Crippen LogP contribution in [0, 0.1) is 6.92 Å². The average molecular weight is 598 g/mol. The third kappa shape index (κ3) is 5.17. The molecule has 0 bridgehead atoms. The van der Waals surface area contributed by atoms with Crippen molar-refractivity contribution < 1.29 is 4.79 Å². The van der Waals surface area contributed by atoms with Crippen LogP contribution in [-0.2, 0) is 16.6 Å². The minimum Gasteiger partial charge on any atom is -0.280 e. The Balaban J connectivity index is 1.36. The molecule has 2 aliphatic rings. The number of fused-ring (bicyclic) bond motifs is 4. The Labute approximate surface area is 262 Å². The van der Waals surface area contributed by atoms with Gasteiger partial charge in [-0.2, -0.15) is 0 Å². The Morgan fingerprint density at radius 2 is 1.50 bits per heavy atom. The van der Waals surface area contributed by atoms with Gasteiger partial charge in [0, 0.05) is 22.4 Å². The molecule has 1 saturated carbocycles. The monoisotopic (exact) mass is 597 g/mol. The van der Waals surface area contributed by atoms with E-state index >= 15 is 0 Å². The molecule has 5 nitrogen and oxygen atoms in total. The van der Waals surface area contributed by atoms with Gasteiger partial charge >= 0.3 is 0 Å². The molecule has 4 aromatic carbocycles. The molecule has 0 unspecified atom stereocenters. The molecule has 2 aliphatic carbocycles. The van der Waals surface area contributed by atoms with Crippen molar-refractivity contribution in [2.75, 3.05) is 10.7 Å². The number of carbonyl (C=O) groups excluding carboxylic acids is 1. The molecule has 0 saturated heterocycles. The third-order valence-electron chi connectivity index (χ3n) is 9.06. The van der Waals surface area contributed by atoms with E-state index in [2.05, 4.69) is 18.2 Å². The van der Waals surface area contributed by atoms with Gasteiger partial charge in [0.15, 0.2) is 5.16 Å². The minimum absolute atomic E-state index is 0.00470. The van der Waals surface area contributed by atoms with Crippen molar-refractivity contribution in [3.05, 3.63) is 136 Å². The molecule has 1 aromatic heterocycles. The predicted octanol–water partition coefficient (Wildman–Crippen LogP) is 8.42. The van der Waals surface area contributed by atoms with Crippen molar-refractivity contribution >= 4 is 29.0 Å². The molecule has 0 aliphatic heterocycles. The number of aryl methyl sites for hydroxylation is 1. The second kappa shape index (κ2) is 11.9. The summed E-state index contributed by atoms with van der Waals surface area (Å²) in [4.78, 5) is 35.9. The lowest BCUT2D eigenvalue weighted by molar-refractivity contribution is -0.115. The van der Waals surface area contributed by atoms with Crippen LogP contribution in [0.25, 0.3) is 16.9 Å². The molecule has 0 atom stereocenters. The SMILES string of the molecule is Cc1cccc(-n2c(SCC(=O)N(c3ccccc3)c3ccccc3)nc3c(c2=O)C2(CCCCC2)Cc2ccccc2-3)c1. The number of nitrogens with zero attached hydrogens (tertiary/aromatic N) is 3. The number of benzene rings is 4. The lowest BCUT2D eigenvalue weighted by Crippen LogP contribution is -2.43. The summed E-state index contributed by atoms with van der Waals surface area (Å²) in [5.41, 5.74) is 7.17. The van der Waals surface area contributed by atoms with E-state index in [1.54, 1.807) is 9.47 Å². The number of para-hydroxylation sites is 2. The zero-order chi connectivity index (χ0) is 30.1. The smallest absolute Gasteiger partial charge is 0.263 e. The number of carbonyl (C=O) groups is 1. The normalized spacial score (nSPS) is 14.9. The maximum absolute atomic E-state index is 14.9. The summed E-state index contributed by atoms with van der Waals surface area (Å²) in [6.07, 6.45) is 6.29. The Kier molecular flexibility index (Phi) is 7.69. The lowest BCUT2D eigenvalue weighted by Gasteiger charge is -2.42. The summed E-state index contributed by atoms with van der Waals surface area (Å²) in [5.74, 6) is 0.0347. The predicted molar refractivity (Wildman–Crippen MR) is 179 cm³/mol. The number of amides is 1. The van der Waals surface area contributed by atoms with Gasteiger partial charge in [0.1, 0.15) is 0 Å². The van der Waals surface area contributed by atoms with Crippen LogP contribution in [0.15, 0.2) is 119 Å². The maximum atomic E-state index is 14.9. The van der Waals surface area contributed by atoms with Gasteiger partial charge < -0.3 is 0 Å². The largest absolute Gasteiger partial charge is 0.280 e. The summed E-state index contributed by atoms with van der Waals surface area (Å²) in [7, 11) is 0. The van der Waals surface area contributed by atoms with Crippen molar-refractivity contribution in [1.29, 1.82) is 0 Å². The standard InChI is InChI=1S/C38H35N3O2S/c1-27-14-13-20-31(24-27)41-36(43)34-35(32-21-10-9-15-28(32)25-38(34)22-11-4-12-23-38)39-37(41)44-26-33(42)40(29-16-5-2-6-17-29)30-18-7-3-8-19-30/h2-3,5-10,13-21,24H,4,11-12,22-23,25-26H2,1H3. The Bertz CT molecular complexity index is 1840. The van der Waals surface area contributed by atoms with E-state index in [4.69, 9.17) is 4.98 Å². The van der Waals surface area contributed by atoms with E-state index in [0.717, 1.165) is 71.6 Å². The van der Waals surface area contributed by atoms with Gasteiger partial charge in [0.05, 0.1) is 22.7 Å². The van der Waals surface area contributed by atoms with Crippen molar-refractivity contribution in [2.45, 2.75) is 56.0 Å². The molecule has 7 rings (SSSR count). The molecular weight excluding hydrogens is 563 g/mol. The van der Waals surface area contributed by atoms with Crippen LogP contribution < -0.4 is 10.5 Å². The van der Waals surface area contributed by atoms with Gasteiger partial charge in [0.2, 0.25) is 5.91 Å². The Morgan fingerprint density at radius 3 is 2.18 bits per heavy atom. The summed E-state index contributed by atoms with van der Waals surface area (Å²) in [6.45, 7) is 2.03. The van der Waals surface area contributed by atoms with Crippen molar-refractivity contribution in [2.24, 2.45) is 0 Å². The zero-order valence-electron chi connectivity index (χ0n) is 24.9. The van der Waals surface area contributed by atoms with Crippen LogP contribution in [-0.4, -0.2) is 21.2 Å². The summed E-state index contributed by atoms with van der Waals surface area (Å²) >= 11 is 1.33. The van der Waals surface area contributed by atoms with Crippen LogP contribution in [0.3, 0.4) is 0 Å². The fourth-order valence-electron chi connectivity index (χ4n) is 7.06. The third-order valence-corrected chi connectivity index (χ3v) is 9.98. The molecule has 0 radical (unpaired) electrons. The summed E-state index contributed by atoms with van der Waals surface area (Å²) in [6, 6.07) is 35.8. The molecule has 220 valence electrons. The molecule has 1 spiro atoms. The first-order valence-electron chi connectivity index (χ1n) is 15.4. The van der Waals surface area contributed by atoms with Crippen molar-refractivity contribution in [3.8, 4) is 16.9 Å². The zero-order valence-corrected chi connectivity index (χ0v) is 25.7.